The van der Waals surface area contributed by atoms with Gasteiger partial charge in [0.1, 0.15) is 23.7 Å². The Bertz CT molecular complexity index is 1150. The number of aliphatic hydroxyl groups is 1. The highest BCUT2D eigenvalue weighted by Crippen LogP contribution is 2.34. The van der Waals surface area contributed by atoms with Crippen molar-refractivity contribution in [2.75, 3.05) is 14.2 Å². The summed E-state index contributed by atoms with van der Waals surface area (Å²) in [6.07, 6.45) is 6.72. The van der Waals surface area contributed by atoms with Crippen LogP contribution in [0.15, 0.2) is 54.6 Å². The molecule has 8 nitrogen and oxygen atoms in total. The van der Waals surface area contributed by atoms with Crippen molar-refractivity contribution < 1.29 is 38.7 Å². The van der Waals surface area contributed by atoms with Crippen LogP contribution in [-0.2, 0) is 20.8 Å². The van der Waals surface area contributed by atoms with E-state index in [1.54, 1.807) is 46.3 Å². The molecule has 0 radical (unpaired) electrons. The molecule has 8 heteroatoms. The van der Waals surface area contributed by atoms with Gasteiger partial charge in [0, 0.05) is 0 Å². The van der Waals surface area contributed by atoms with Gasteiger partial charge in [-0.25, -0.2) is 4.79 Å². The fraction of sp³-hybridized carbons (Fsp3) is 0.452. The van der Waals surface area contributed by atoms with Gasteiger partial charge in [0.2, 0.25) is 0 Å². The van der Waals surface area contributed by atoms with E-state index < -0.39 is 30.1 Å². The van der Waals surface area contributed by atoms with Crippen LogP contribution in [0.3, 0.4) is 0 Å². The molecule has 1 saturated heterocycles. The maximum Gasteiger partial charge on any atom is 0.336 e. The predicted molar refractivity (Wildman–Crippen MR) is 149 cm³/mol. The standard InChI is InChI=1S/C31H40O8/c1-20-17-25(36-6)18-23(28(20)30(33)34)10-8-12-27-29(39-31(3,4)38-27)26(11-7-9-21(2)32)37-19-22-13-15-24(35-5)16-14-22/h7-8,10-11,13-18,21,26-27,29,32H,9,12,19H2,1-6H3,(H,33,34)/b10-8+,11-7-/t21-,26?,27-,29+/m0/s1. The topological polar surface area (TPSA) is 104 Å². The molecule has 0 amide bonds. The van der Waals surface area contributed by atoms with Gasteiger partial charge in [0.15, 0.2) is 5.79 Å². The van der Waals surface area contributed by atoms with Crippen LogP contribution in [-0.4, -0.2) is 60.6 Å². The third kappa shape index (κ3) is 8.66. The van der Waals surface area contributed by atoms with Crippen LogP contribution in [0.5, 0.6) is 11.5 Å². The van der Waals surface area contributed by atoms with E-state index in [2.05, 4.69) is 0 Å². The number of aryl methyl sites for hydroxylation is 1. The molecule has 1 fully saturated rings. The first kappa shape index (κ1) is 30.4. The number of benzene rings is 2. The Labute approximate surface area is 230 Å². The number of methoxy groups -OCH3 is 2. The number of carboxylic acid groups (broad SMARTS) is 1. The molecule has 2 aromatic carbocycles. The van der Waals surface area contributed by atoms with Crippen LogP contribution < -0.4 is 9.47 Å². The van der Waals surface area contributed by atoms with E-state index in [0.717, 1.165) is 11.3 Å². The Balaban J connectivity index is 1.82. The molecule has 2 aromatic rings. The smallest absolute Gasteiger partial charge is 0.336 e. The van der Waals surface area contributed by atoms with Gasteiger partial charge in [0.05, 0.1) is 38.6 Å². The number of rotatable bonds is 13. The molecule has 0 aliphatic carbocycles. The minimum atomic E-state index is -0.996. The van der Waals surface area contributed by atoms with Crippen molar-refractivity contribution in [2.45, 2.75) is 77.3 Å². The Hall–Kier alpha value is -3.17. The Morgan fingerprint density at radius 1 is 1.08 bits per heavy atom. The minimum Gasteiger partial charge on any atom is -0.497 e. The maximum absolute atomic E-state index is 11.9. The minimum absolute atomic E-state index is 0.231. The molecule has 1 heterocycles. The fourth-order valence-electron chi connectivity index (χ4n) is 4.56. The van der Waals surface area contributed by atoms with Crippen LogP contribution >= 0.6 is 0 Å². The third-order valence-electron chi connectivity index (χ3n) is 6.40. The SMILES string of the molecule is COc1ccc(COC(/C=C\C[C@H](C)O)[C@H]2OC(C)(C)O[C@H]2C/C=C/c2cc(OC)cc(C)c2C(=O)O)cc1. The Morgan fingerprint density at radius 3 is 2.38 bits per heavy atom. The lowest BCUT2D eigenvalue weighted by Gasteiger charge is -2.24. The molecule has 0 spiro atoms. The lowest BCUT2D eigenvalue weighted by molar-refractivity contribution is -0.156. The molecule has 2 N–H and O–H groups in total. The van der Waals surface area contributed by atoms with E-state index in [9.17, 15) is 15.0 Å². The molecular formula is C31H40O8. The first-order chi connectivity index (χ1) is 18.5. The molecule has 1 aliphatic heterocycles. The molecule has 1 unspecified atom stereocenters. The molecule has 3 rings (SSSR count). The van der Waals surface area contributed by atoms with Crippen molar-refractivity contribution >= 4 is 12.0 Å². The molecule has 212 valence electrons. The zero-order valence-electron chi connectivity index (χ0n) is 23.5. The average molecular weight is 541 g/mol. The number of hydrogen-bond acceptors (Lipinski definition) is 7. The average Bonchev–Trinajstić information content (AvgIpc) is 3.19. The van der Waals surface area contributed by atoms with Gasteiger partial charge >= 0.3 is 5.97 Å². The van der Waals surface area contributed by atoms with E-state index in [-0.39, 0.29) is 11.7 Å². The van der Waals surface area contributed by atoms with E-state index in [0.29, 0.717) is 36.3 Å². The van der Waals surface area contributed by atoms with Crippen LogP contribution in [0.1, 0.15) is 60.7 Å². The van der Waals surface area contributed by atoms with Gasteiger partial charge in [-0.2, -0.15) is 0 Å². The molecule has 4 atom stereocenters. The first-order valence-electron chi connectivity index (χ1n) is 13.1. The molecular weight excluding hydrogens is 500 g/mol. The second-order valence-electron chi connectivity index (χ2n) is 10.1. The number of ether oxygens (including phenoxy) is 5. The van der Waals surface area contributed by atoms with E-state index in [1.807, 2.05) is 56.3 Å². The number of carboxylic acids is 1. The number of carbonyl (C=O) groups is 1. The summed E-state index contributed by atoms with van der Waals surface area (Å²) in [6.45, 7) is 7.55. The van der Waals surface area contributed by atoms with E-state index >= 15 is 0 Å². The summed E-state index contributed by atoms with van der Waals surface area (Å²) in [6, 6.07) is 11.1. The summed E-state index contributed by atoms with van der Waals surface area (Å²) in [4.78, 5) is 11.9. The molecule has 0 bridgehead atoms. The van der Waals surface area contributed by atoms with Crippen LogP contribution in [0, 0.1) is 6.92 Å². The lowest BCUT2D eigenvalue weighted by Crippen LogP contribution is -2.36. The Morgan fingerprint density at radius 2 is 1.77 bits per heavy atom. The first-order valence-corrected chi connectivity index (χ1v) is 13.1. The molecule has 0 aromatic heterocycles. The summed E-state index contributed by atoms with van der Waals surface area (Å²) < 4.78 is 29.4. The second-order valence-corrected chi connectivity index (χ2v) is 10.1. The number of aliphatic hydroxyl groups excluding tert-OH is 1. The summed E-state index contributed by atoms with van der Waals surface area (Å²) in [7, 11) is 3.18. The van der Waals surface area contributed by atoms with E-state index in [4.69, 9.17) is 23.7 Å². The summed E-state index contributed by atoms with van der Waals surface area (Å²) in [5, 5.41) is 19.5. The fourth-order valence-corrected chi connectivity index (χ4v) is 4.56. The van der Waals surface area contributed by atoms with Crippen LogP contribution in [0.25, 0.3) is 6.08 Å². The summed E-state index contributed by atoms with van der Waals surface area (Å²) >= 11 is 0. The van der Waals surface area contributed by atoms with E-state index in [1.165, 1.54) is 0 Å². The molecule has 0 saturated carbocycles. The second kappa shape index (κ2) is 13.8. The maximum atomic E-state index is 11.9. The van der Waals surface area contributed by atoms with Crippen molar-refractivity contribution in [1.29, 1.82) is 0 Å². The monoisotopic (exact) mass is 540 g/mol. The van der Waals surface area contributed by atoms with Gasteiger partial charge in [0.25, 0.3) is 0 Å². The quantitative estimate of drug-likeness (QED) is 0.319. The largest absolute Gasteiger partial charge is 0.497 e. The van der Waals surface area contributed by atoms with Crippen molar-refractivity contribution in [2.24, 2.45) is 0 Å². The van der Waals surface area contributed by atoms with Crippen LogP contribution in [0.4, 0.5) is 0 Å². The van der Waals surface area contributed by atoms with Crippen molar-refractivity contribution in [3.8, 4) is 11.5 Å². The van der Waals surface area contributed by atoms with Crippen molar-refractivity contribution in [1.82, 2.24) is 0 Å². The molecule has 39 heavy (non-hydrogen) atoms. The van der Waals surface area contributed by atoms with Crippen molar-refractivity contribution in [3.05, 3.63) is 76.9 Å². The Kier molecular flexibility index (Phi) is 10.7. The highest BCUT2D eigenvalue weighted by Gasteiger charge is 2.44. The van der Waals surface area contributed by atoms with Gasteiger partial charge in [-0.3, -0.25) is 0 Å². The summed E-state index contributed by atoms with van der Waals surface area (Å²) in [5.41, 5.74) is 2.39. The van der Waals surface area contributed by atoms with Gasteiger partial charge < -0.3 is 33.9 Å². The third-order valence-corrected chi connectivity index (χ3v) is 6.40. The highest BCUT2D eigenvalue weighted by atomic mass is 16.8. The highest BCUT2D eigenvalue weighted by molar-refractivity contribution is 5.94. The predicted octanol–water partition coefficient (Wildman–Crippen LogP) is 5.55. The zero-order chi connectivity index (χ0) is 28.6. The van der Waals surface area contributed by atoms with Crippen molar-refractivity contribution in [3.63, 3.8) is 0 Å². The summed E-state index contributed by atoms with van der Waals surface area (Å²) in [5.74, 6) is -0.469. The van der Waals surface area contributed by atoms with Gasteiger partial charge in [-0.1, -0.05) is 36.4 Å². The number of hydrogen-bond donors (Lipinski definition) is 2. The lowest BCUT2D eigenvalue weighted by atomic mass is 9.99. The van der Waals surface area contributed by atoms with Crippen LogP contribution in [0.2, 0.25) is 0 Å². The van der Waals surface area contributed by atoms with Gasteiger partial charge in [-0.15, -0.1) is 0 Å². The van der Waals surface area contributed by atoms with Gasteiger partial charge in [-0.05, 0) is 81.5 Å². The number of aromatic carboxylic acids is 1. The molecule has 1 aliphatic rings. The normalized spacial score (nSPS) is 20.4. The zero-order valence-corrected chi connectivity index (χ0v) is 23.5.